The van der Waals surface area contributed by atoms with Gasteiger partial charge in [0.2, 0.25) is 0 Å². The van der Waals surface area contributed by atoms with Crippen molar-refractivity contribution in [2.24, 2.45) is 0 Å². The smallest absolute Gasteiger partial charge is 0.332 e. The normalized spacial score (nSPS) is 23.6. The van der Waals surface area contributed by atoms with Gasteiger partial charge in [-0.1, -0.05) is 31.2 Å². The molecule has 0 heterocycles. The van der Waals surface area contributed by atoms with Crippen LogP contribution in [0.4, 0.5) is 0 Å². The van der Waals surface area contributed by atoms with Crippen LogP contribution >= 0.6 is 0 Å². The average molecular weight is 244 g/mol. The van der Waals surface area contributed by atoms with Gasteiger partial charge in [0, 0.05) is 11.0 Å². The number of carboxylic acid groups (broad SMARTS) is 1. The highest BCUT2D eigenvalue weighted by Crippen LogP contribution is 2.40. The molecular formula is C16H20O2. The summed E-state index contributed by atoms with van der Waals surface area (Å²) < 4.78 is 0. The minimum Gasteiger partial charge on any atom is -0.478 e. The van der Waals surface area contributed by atoms with Gasteiger partial charge in [-0.2, -0.15) is 0 Å². The number of aryl methyl sites for hydroxylation is 2. The van der Waals surface area contributed by atoms with Gasteiger partial charge in [-0.05, 0) is 49.8 Å². The van der Waals surface area contributed by atoms with Crippen molar-refractivity contribution in [3.05, 3.63) is 46.5 Å². The van der Waals surface area contributed by atoms with Crippen LogP contribution in [0.1, 0.15) is 42.9 Å². The highest BCUT2D eigenvalue weighted by Gasteiger charge is 2.36. The molecule has 0 fully saturated rings. The second-order valence-electron chi connectivity index (χ2n) is 5.45. The van der Waals surface area contributed by atoms with Gasteiger partial charge >= 0.3 is 5.97 Å². The van der Waals surface area contributed by atoms with Gasteiger partial charge in [-0.3, -0.25) is 0 Å². The Morgan fingerprint density at radius 2 is 2.00 bits per heavy atom. The number of carbonyl (C=O) groups is 1. The molecule has 0 aliphatic heterocycles. The van der Waals surface area contributed by atoms with E-state index in [0.29, 0.717) is 5.57 Å². The van der Waals surface area contributed by atoms with Crippen molar-refractivity contribution in [3.8, 4) is 0 Å². The molecule has 0 amide bonds. The monoisotopic (exact) mass is 244 g/mol. The largest absolute Gasteiger partial charge is 0.478 e. The molecule has 1 aromatic rings. The quantitative estimate of drug-likeness (QED) is 0.860. The van der Waals surface area contributed by atoms with Gasteiger partial charge in [-0.15, -0.1) is 0 Å². The molecule has 2 rings (SSSR count). The maximum absolute atomic E-state index is 11.4. The average Bonchev–Trinajstić information content (AvgIpc) is 2.32. The van der Waals surface area contributed by atoms with Gasteiger partial charge < -0.3 is 5.11 Å². The van der Waals surface area contributed by atoms with Crippen LogP contribution in [0.15, 0.2) is 29.8 Å². The topological polar surface area (TPSA) is 37.3 Å². The SMILES string of the molecule is Cc1ccc([C@]2(C)CCCC=C2C(=O)O)cc1C. The molecule has 2 nitrogen and oxygen atoms in total. The lowest BCUT2D eigenvalue weighted by Gasteiger charge is -2.34. The van der Waals surface area contributed by atoms with E-state index in [0.717, 1.165) is 24.8 Å². The zero-order valence-electron chi connectivity index (χ0n) is 11.3. The highest BCUT2D eigenvalue weighted by atomic mass is 16.4. The van der Waals surface area contributed by atoms with Gasteiger partial charge in [0.25, 0.3) is 0 Å². The van der Waals surface area contributed by atoms with E-state index >= 15 is 0 Å². The van der Waals surface area contributed by atoms with Crippen LogP contribution in [-0.2, 0) is 10.2 Å². The molecule has 18 heavy (non-hydrogen) atoms. The molecule has 0 bridgehead atoms. The van der Waals surface area contributed by atoms with E-state index in [1.54, 1.807) is 0 Å². The fourth-order valence-electron chi connectivity index (χ4n) is 2.77. The number of hydrogen-bond donors (Lipinski definition) is 1. The lowest BCUT2D eigenvalue weighted by atomic mass is 9.69. The number of rotatable bonds is 2. The highest BCUT2D eigenvalue weighted by molar-refractivity contribution is 5.90. The number of benzene rings is 1. The lowest BCUT2D eigenvalue weighted by molar-refractivity contribution is -0.133. The molecule has 1 aromatic carbocycles. The van der Waals surface area contributed by atoms with Crippen molar-refractivity contribution in [3.63, 3.8) is 0 Å². The van der Waals surface area contributed by atoms with Crippen molar-refractivity contribution in [2.75, 3.05) is 0 Å². The molecule has 1 N–H and O–H groups in total. The Balaban J connectivity index is 2.51. The molecule has 1 aliphatic rings. The number of allylic oxidation sites excluding steroid dienone is 1. The van der Waals surface area contributed by atoms with Crippen molar-refractivity contribution < 1.29 is 9.90 Å². The van der Waals surface area contributed by atoms with Crippen molar-refractivity contribution >= 4 is 5.97 Å². The van der Waals surface area contributed by atoms with Crippen LogP contribution in [0.3, 0.4) is 0 Å². The van der Waals surface area contributed by atoms with E-state index in [1.807, 2.05) is 6.08 Å². The number of hydrogen-bond acceptors (Lipinski definition) is 1. The van der Waals surface area contributed by atoms with Crippen LogP contribution in [0, 0.1) is 13.8 Å². The summed E-state index contributed by atoms with van der Waals surface area (Å²) in [5.74, 6) is -0.782. The Bertz CT molecular complexity index is 514. The molecule has 2 heteroatoms. The van der Waals surface area contributed by atoms with Gasteiger partial charge in [0.1, 0.15) is 0 Å². The fourth-order valence-corrected chi connectivity index (χ4v) is 2.77. The van der Waals surface area contributed by atoms with Crippen LogP contribution in [-0.4, -0.2) is 11.1 Å². The number of aliphatic carboxylic acids is 1. The molecule has 1 aliphatic carbocycles. The standard InChI is InChI=1S/C16H20O2/c1-11-7-8-13(10-12(11)2)16(3)9-5-4-6-14(16)15(17)18/h6-8,10H,4-5,9H2,1-3H3,(H,17,18)/t16-/m0/s1. The zero-order valence-corrected chi connectivity index (χ0v) is 11.3. The first-order valence-corrected chi connectivity index (χ1v) is 6.47. The first-order chi connectivity index (χ1) is 8.45. The number of carboxylic acids is 1. The predicted octanol–water partition coefficient (Wildman–Crippen LogP) is 3.76. The maximum Gasteiger partial charge on any atom is 0.332 e. The van der Waals surface area contributed by atoms with Crippen LogP contribution in [0.25, 0.3) is 0 Å². The Hall–Kier alpha value is -1.57. The Morgan fingerprint density at radius 1 is 1.28 bits per heavy atom. The van der Waals surface area contributed by atoms with E-state index in [2.05, 4.69) is 39.0 Å². The van der Waals surface area contributed by atoms with Crippen LogP contribution < -0.4 is 0 Å². The van der Waals surface area contributed by atoms with Crippen molar-refractivity contribution in [2.45, 2.75) is 45.4 Å². The summed E-state index contributed by atoms with van der Waals surface area (Å²) in [7, 11) is 0. The zero-order chi connectivity index (χ0) is 13.3. The van der Waals surface area contributed by atoms with Gasteiger partial charge in [-0.25, -0.2) is 4.79 Å². The lowest BCUT2D eigenvalue weighted by Crippen LogP contribution is -2.31. The minimum atomic E-state index is -0.782. The second-order valence-corrected chi connectivity index (χ2v) is 5.45. The van der Waals surface area contributed by atoms with E-state index < -0.39 is 5.97 Å². The molecule has 0 saturated heterocycles. The van der Waals surface area contributed by atoms with E-state index in [9.17, 15) is 9.90 Å². The van der Waals surface area contributed by atoms with Crippen molar-refractivity contribution in [1.29, 1.82) is 0 Å². The van der Waals surface area contributed by atoms with E-state index in [1.165, 1.54) is 11.1 Å². The fraction of sp³-hybridized carbons (Fsp3) is 0.438. The Kier molecular flexibility index (Phi) is 3.29. The van der Waals surface area contributed by atoms with E-state index in [-0.39, 0.29) is 5.41 Å². The summed E-state index contributed by atoms with van der Waals surface area (Å²) in [6, 6.07) is 6.30. The summed E-state index contributed by atoms with van der Waals surface area (Å²) in [5.41, 5.74) is 3.81. The molecule has 0 spiro atoms. The van der Waals surface area contributed by atoms with Gasteiger partial charge in [0.15, 0.2) is 0 Å². The first kappa shape index (κ1) is 12.9. The molecule has 0 aromatic heterocycles. The van der Waals surface area contributed by atoms with Crippen LogP contribution in [0.5, 0.6) is 0 Å². The third-order valence-electron chi connectivity index (χ3n) is 4.20. The van der Waals surface area contributed by atoms with E-state index in [4.69, 9.17) is 0 Å². The molecule has 96 valence electrons. The summed E-state index contributed by atoms with van der Waals surface area (Å²) in [4.78, 5) is 11.4. The molecule has 1 atom stereocenters. The Labute approximate surface area is 108 Å². The second kappa shape index (κ2) is 4.60. The third kappa shape index (κ3) is 2.07. The molecular weight excluding hydrogens is 224 g/mol. The summed E-state index contributed by atoms with van der Waals surface area (Å²) in [5, 5.41) is 9.39. The summed E-state index contributed by atoms with van der Waals surface area (Å²) >= 11 is 0. The van der Waals surface area contributed by atoms with Crippen LogP contribution in [0.2, 0.25) is 0 Å². The summed E-state index contributed by atoms with van der Waals surface area (Å²) in [6.45, 7) is 6.21. The predicted molar refractivity (Wildman–Crippen MR) is 72.8 cm³/mol. The molecule has 0 saturated carbocycles. The maximum atomic E-state index is 11.4. The summed E-state index contributed by atoms with van der Waals surface area (Å²) in [6.07, 6.45) is 4.73. The van der Waals surface area contributed by atoms with Crippen molar-refractivity contribution in [1.82, 2.24) is 0 Å². The molecule has 0 radical (unpaired) electrons. The Morgan fingerprint density at radius 3 is 2.61 bits per heavy atom. The first-order valence-electron chi connectivity index (χ1n) is 6.47. The third-order valence-corrected chi connectivity index (χ3v) is 4.20. The molecule has 0 unspecified atom stereocenters. The minimum absolute atomic E-state index is 0.345. The van der Waals surface area contributed by atoms with Gasteiger partial charge in [0.05, 0.1) is 0 Å².